The average Bonchev–Trinajstić information content (AvgIpc) is 2.35. The Hall–Kier alpha value is -0.610. The zero-order chi connectivity index (χ0) is 12.5. The minimum atomic E-state index is -0.184. The number of ether oxygens (including phenoxy) is 2. The van der Waals surface area contributed by atoms with E-state index >= 15 is 0 Å². The van der Waals surface area contributed by atoms with Crippen LogP contribution in [0.2, 0.25) is 0 Å². The van der Waals surface area contributed by atoms with Crippen molar-refractivity contribution in [3.8, 4) is 0 Å². The Balaban J connectivity index is 2.17. The van der Waals surface area contributed by atoms with Crippen LogP contribution in [-0.4, -0.2) is 37.0 Å². The maximum atomic E-state index is 11.2. The molecule has 0 saturated carbocycles. The minimum absolute atomic E-state index is 0.0408. The Morgan fingerprint density at radius 2 is 2.06 bits per heavy atom. The molecule has 1 fully saturated rings. The van der Waals surface area contributed by atoms with Crippen LogP contribution in [0, 0.1) is 0 Å². The highest BCUT2D eigenvalue weighted by Gasteiger charge is 2.24. The molecule has 0 radical (unpaired) electrons. The van der Waals surface area contributed by atoms with Crippen molar-refractivity contribution in [2.45, 2.75) is 63.6 Å². The molecule has 4 nitrogen and oxygen atoms in total. The Morgan fingerprint density at radius 3 is 2.76 bits per heavy atom. The second-order valence-corrected chi connectivity index (χ2v) is 4.66. The summed E-state index contributed by atoms with van der Waals surface area (Å²) in [6.07, 6.45) is 7.95. The summed E-state index contributed by atoms with van der Waals surface area (Å²) in [6, 6.07) is 0. The van der Waals surface area contributed by atoms with Gasteiger partial charge in [-0.05, 0) is 32.1 Å². The number of aliphatic hydroxyl groups excluding tert-OH is 1. The molecular formula is C13H24O4. The van der Waals surface area contributed by atoms with Gasteiger partial charge in [0.05, 0.1) is 25.7 Å². The highest BCUT2D eigenvalue weighted by atomic mass is 16.5. The Morgan fingerprint density at radius 1 is 1.29 bits per heavy atom. The molecule has 2 unspecified atom stereocenters. The lowest BCUT2D eigenvalue weighted by molar-refractivity contribution is -0.147. The van der Waals surface area contributed by atoms with E-state index in [1.54, 1.807) is 0 Å². The van der Waals surface area contributed by atoms with Crippen LogP contribution in [0.15, 0.2) is 0 Å². The van der Waals surface area contributed by atoms with Crippen molar-refractivity contribution in [3.63, 3.8) is 0 Å². The number of aliphatic hydroxyl groups is 1. The van der Waals surface area contributed by atoms with Crippen LogP contribution in [-0.2, 0) is 14.3 Å². The largest absolute Gasteiger partial charge is 0.469 e. The molecule has 0 aromatic heterocycles. The molecule has 0 aromatic carbocycles. The molecule has 0 spiro atoms. The monoisotopic (exact) mass is 244 g/mol. The van der Waals surface area contributed by atoms with Gasteiger partial charge in [0.15, 0.2) is 0 Å². The maximum absolute atomic E-state index is 11.2. The number of hydrogen-bond donors (Lipinski definition) is 1. The van der Waals surface area contributed by atoms with Gasteiger partial charge in [-0.3, -0.25) is 4.79 Å². The van der Waals surface area contributed by atoms with E-state index in [9.17, 15) is 4.79 Å². The zero-order valence-corrected chi connectivity index (χ0v) is 10.7. The van der Waals surface area contributed by atoms with E-state index in [1.165, 1.54) is 7.11 Å². The van der Waals surface area contributed by atoms with E-state index in [2.05, 4.69) is 4.74 Å². The minimum Gasteiger partial charge on any atom is -0.469 e. The molecule has 2 atom stereocenters. The predicted molar refractivity (Wildman–Crippen MR) is 64.7 cm³/mol. The summed E-state index contributed by atoms with van der Waals surface area (Å²) in [5.41, 5.74) is 0. The number of carbonyl (C=O) groups excluding carboxylic acids is 1. The van der Waals surface area contributed by atoms with Gasteiger partial charge in [-0.2, -0.15) is 0 Å². The van der Waals surface area contributed by atoms with Gasteiger partial charge >= 0.3 is 5.97 Å². The van der Waals surface area contributed by atoms with Crippen LogP contribution in [0.25, 0.3) is 0 Å². The third-order valence-electron chi connectivity index (χ3n) is 3.24. The normalized spacial score (nSPS) is 24.6. The molecule has 0 aliphatic carbocycles. The first-order chi connectivity index (χ1) is 8.26. The molecule has 1 heterocycles. The molecule has 0 bridgehead atoms. The summed E-state index contributed by atoms with van der Waals surface area (Å²) < 4.78 is 10.5. The molecule has 0 aromatic rings. The molecule has 100 valence electrons. The number of carbonyl (C=O) groups is 1. The van der Waals surface area contributed by atoms with Gasteiger partial charge in [0.25, 0.3) is 0 Å². The van der Waals surface area contributed by atoms with Gasteiger partial charge in [-0.25, -0.2) is 0 Å². The summed E-state index contributed by atoms with van der Waals surface area (Å²) in [5.74, 6) is -0.184. The fourth-order valence-electron chi connectivity index (χ4n) is 2.27. The second kappa shape index (κ2) is 8.48. The van der Waals surface area contributed by atoms with Crippen LogP contribution in [0.3, 0.4) is 0 Å². The van der Waals surface area contributed by atoms with Crippen LogP contribution in [0.5, 0.6) is 0 Å². The first kappa shape index (κ1) is 14.5. The second-order valence-electron chi connectivity index (χ2n) is 4.66. The fraction of sp³-hybridized carbons (Fsp3) is 0.923. The fourth-order valence-corrected chi connectivity index (χ4v) is 2.27. The van der Waals surface area contributed by atoms with E-state index in [-0.39, 0.29) is 24.8 Å². The smallest absolute Gasteiger partial charge is 0.308 e. The molecule has 1 aliphatic rings. The summed E-state index contributed by atoms with van der Waals surface area (Å²) in [7, 11) is 1.41. The van der Waals surface area contributed by atoms with Gasteiger partial charge < -0.3 is 14.6 Å². The van der Waals surface area contributed by atoms with Crippen LogP contribution in [0.1, 0.15) is 51.4 Å². The average molecular weight is 244 g/mol. The molecule has 1 saturated heterocycles. The summed E-state index contributed by atoms with van der Waals surface area (Å²) in [6.45, 7) is 0.274. The first-order valence-electron chi connectivity index (χ1n) is 6.59. The third-order valence-corrected chi connectivity index (χ3v) is 3.24. The summed E-state index contributed by atoms with van der Waals surface area (Å²) in [4.78, 5) is 11.2. The number of rotatable bonds is 7. The maximum Gasteiger partial charge on any atom is 0.308 e. The molecule has 17 heavy (non-hydrogen) atoms. The van der Waals surface area contributed by atoms with Crippen LogP contribution < -0.4 is 0 Å². The Bertz CT molecular complexity index is 217. The lowest BCUT2D eigenvalue weighted by Crippen LogP contribution is -2.29. The van der Waals surface area contributed by atoms with Crippen molar-refractivity contribution in [1.82, 2.24) is 0 Å². The van der Waals surface area contributed by atoms with E-state index in [0.29, 0.717) is 6.42 Å². The molecule has 0 amide bonds. The van der Waals surface area contributed by atoms with Gasteiger partial charge in [0.1, 0.15) is 0 Å². The first-order valence-corrected chi connectivity index (χ1v) is 6.59. The van der Waals surface area contributed by atoms with E-state index in [1.807, 2.05) is 0 Å². The van der Waals surface area contributed by atoms with Crippen molar-refractivity contribution in [1.29, 1.82) is 0 Å². The van der Waals surface area contributed by atoms with Gasteiger partial charge in [-0.1, -0.05) is 12.8 Å². The van der Waals surface area contributed by atoms with Crippen molar-refractivity contribution in [2.75, 3.05) is 13.7 Å². The van der Waals surface area contributed by atoms with Crippen molar-refractivity contribution in [3.05, 3.63) is 0 Å². The summed E-state index contributed by atoms with van der Waals surface area (Å²) in [5, 5.41) is 8.69. The van der Waals surface area contributed by atoms with E-state index in [4.69, 9.17) is 9.84 Å². The molecule has 1 rings (SSSR count). The zero-order valence-electron chi connectivity index (χ0n) is 10.7. The third kappa shape index (κ3) is 6.03. The Labute approximate surface area is 103 Å². The molecule has 1 N–H and O–H groups in total. The van der Waals surface area contributed by atoms with Gasteiger partial charge in [-0.15, -0.1) is 0 Å². The number of esters is 1. The van der Waals surface area contributed by atoms with Crippen LogP contribution >= 0.6 is 0 Å². The predicted octanol–water partition coefficient (Wildman–Crippen LogP) is 2.04. The van der Waals surface area contributed by atoms with Crippen molar-refractivity contribution >= 4 is 5.97 Å². The SMILES string of the molecule is COC(=O)CC1CCCC(CCCCCO)O1. The van der Waals surface area contributed by atoms with Crippen molar-refractivity contribution in [2.24, 2.45) is 0 Å². The van der Waals surface area contributed by atoms with Gasteiger partial charge in [0.2, 0.25) is 0 Å². The highest BCUT2D eigenvalue weighted by Crippen LogP contribution is 2.24. The standard InChI is InChI=1S/C13H24O4/c1-16-13(15)10-12-8-5-7-11(17-12)6-3-2-4-9-14/h11-12,14H,2-10H2,1H3. The van der Waals surface area contributed by atoms with Crippen LogP contribution in [0.4, 0.5) is 0 Å². The van der Waals surface area contributed by atoms with E-state index < -0.39 is 0 Å². The quantitative estimate of drug-likeness (QED) is 0.550. The number of unbranched alkanes of at least 4 members (excludes halogenated alkanes) is 2. The van der Waals surface area contributed by atoms with Crippen molar-refractivity contribution < 1.29 is 19.4 Å². The van der Waals surface area contributed by atoms with Gasteiger partial charge in [0, 0.05) is 6.61 Å². The summed E-state index contributed by atoms with van der Waals surface area (Å²) >= 11 is 0. The van der Waals surface area contributed by atoms with E-state index in [0.717, 1.165) is 44.9 Å². The highest BCUT2D eigenvalue weighted by molar-refractivity contribution is 5.69. The molecular weight excluding hydrogens is 220 g/mol. The lowest BCUT2D eigenvalue weighted by atomic mass is 9.98. The molecule has 4 heteroatoms. The topological polar surface area (TPSA) is 55.8 Å². The molecule has 1 aliphatic heterocycles. The lowest BCUT2D eigenvalue weighted by Gasteiger charge is -2.29. The number of hydrogen-bond acceptors (Lipinski definition) is 4. The Kier molecular flexibility index (Phi) is 7.21. The number of methoxy groups -OCH3 is 1.